The van der Waals surface area contributed by atoms with Crippen LogP contribution in [0.4, 0.5) is 10.5 Å². The van der Waals surface area contributed by atoms with E-state index < -0.39 is 0 Å². The van der Waals surface area contributed by atoms with Crippen LogP contribution < -0.4 is 15.0 Å². The standard InChI is InChI=1S/C22H24ClN5O2/c1-30-21-5-3-2-4-20(21)26-10-12-27(13-11-26)22(29)24-14-17-15-25-28(16-17)19-8-6-18(23)7-9-19/h2-9,15-16H,10-14H2,1H3,(H,24,29). The molecule has 2 heterocycles. The van der Waals surface area contributed by atoms with Crippen LogP contribution in [0.15, 0.2) is 60.9 Å². The topological polar surface area (TPSA) is 62.6 Å². The maximum absolute atomic E-state index is 12.6. The summed E-state index contributed by atoms with van der Waals surface area (Å²) >= 11 is 5.93. The van der Waals surface area contributed by atoms with Crippen LogP contribution in [-0.4, -0.2) is 54.0 Å². The Morgan fingerprint density at radius 3 is 2.57 bits per heavy atom. The minimum atomic E-state index is -0.0612. The number of ether oxygens (including phenoxy) is 1. The van der Waals surface area contributed by atoms with Gasteiger partial charge in [0, 0.05) is 49.5 Å². The summed E-state index contributed by atoms with van der Waals surface area (Å²) in [6.45, 7) is 3.28. The van der Waals surface area contributed by atoms with E-state index in [1.807, 2.05) is 59.6 Å². The Morgan fingerprint density at radius 2 is 1.83 bits per heavy atom. The predicted octanol–water partition coefficient (Wildman–Crippen LogP) is 3.57. The van der Waals surface area contributed by atoms with Gasteiger partial charge in [0.2, 0.25) is 0 Å². The summed E-state index contributed by atoms with van der Waals surface area (Å²) in [6, 6.07) is 15.4. The van der Waals surface area contributed by atoms with Gasteiger partial charge in [0.05, 0.1) is 24.7 Å². The van der Waals surface area contributed by atoms with Gasteiger partial charge in [0.1, 0.15) is 5.75 Å². The minimum absolute atomic E-state index is 0.0612. The molecule has 0 radical (unpaired) electrons. The number of nitrogens with zero attached hydrogens (tertiary/aromatic N) is 4. The highest BCUT2D eigenvalue weighted by Gasteiger charge is 2.22. The molecule has 0 saturated carbocycles. The van der Waals surface area contributed by atoms with Crippen LogP contribution in [-0.2, 0) is 6.54 Å². The zero-order chi connectivity index (χ0) is 20.9. The van der Waals surface area contributed by atoms with E-state index in [9.17, 15) is 4.79 Å². The molecule has 1 aromatic heterocycles. The molecule has 0 spiro atoms. The Hall–Kier alpha value is -3.19. The van der Waals surface area contributed by atoms with Crippen molar-refractivity contribution in [1.29, 1.82) is 0 Å². The zero-order valence-corrected chi connectivity index (χ0v) is 17.5. The van der Waals surface area contributed by atoms with Crippen LogP contribution in [0.2, 0.25) is 5.02 Å². The third-order valence-corrected chi connectivity index (χ3v) is 5.42. The molecule has 0 atom stereocenters. The molecule has 1 fully saturated rings. The fourth-order valence-electron chi connectivity index (χ4n) is 3.52. The van der Waals surface area contributed by atoms with E-state index >= 15 is 0 Å². The third-order valence-electron chi connectivity index (χ3n) is 5.16. The summed E-state index contributed by atoms with van der Waals surface area (Å²) in [7, 11) is 1.68. The number of halogens is 1. The number of para-hydroxylation sites is 2. The van der Waals surface area contributed by atoms with Gasteiger partial charge in [0.25, 0.3) is 0 Å². The first kappa shape index (κ1) is 20.1. The number of benzene rings is 2. The second-order valence-electron chi connectivity index (χ2n) is 7.07. The highest BCUT2D eigenvalue weighted by molar-refractivity contribution is 6.30. The smallest absolute Gasteiger partial charge is 0.317 e. The van der Waals surface area contributed by atoms with Gasteiger partial charge in [-0.15, -0.1) is 0 Å². The average Bonchev–Trinajstić information content (AvgIpc) is 3.27. The van der Waals surface area contributed by atoms with Gasteiger partial charge in [-0.25, -0.2) is 9.48 Å². The Balaban J connectivity index is 1.29. The van der Waals surface area contributed by atoms with Gasteiger partial charge in [-0.05, 0) is 36.4 Å². The predicted molar refractivity (Wildman–Crippen MR) is 118 cm³/mol. The number of anilines is 1. The third kappa shape index (κ3) is 4.52. The molecule has 0 bridgehead atoms. The lowest BCUT2D eigenvalue weighted by Gasteiger charge is -2.36. The number of amides is 2. The zero-order valence-electron chi connectivity index (χ0n) is 16.8. The summed E-state index contributed by atoms with van der Waals surface area (Å²) in [5.74, 6) is 0.855. The molecule has 2 aromatic carbocycles. The van der Waals surface area contributed by atoms with Crippen LogP contribution in [0, 0.1) is 0 Å². The second-order valence-corrected chi connectivity index (χ2v) is 7.51. The number of hydrogen-bond donors (Lipinski definition) is 1. The first-order valence-electron chi connectivity index (χ1n) is 9.84. The first-order valence-corrected chi connectivity index (χ1v) is 10.2. The van der Waals surface area contributed by atoms with E-state index in [0.29, 0.717) is 24.7 Å². The Kier molecular flexibility index (Phi) is 6.09. The van der Waals surface area contributed by atoms with E-state index in [0.717, 1.165) is 35.8 Å². The number of methoxy groups -OCH3 is 1. The Labute approximate surface area is 180 Å². The SMILES string of the molecule is COc1ccccc1N1CCN(C(=O)NCc2cnn(-c3ccc(Cl)cc3)c2)CC1. The molecule has 1 N–H and O–H groups in total. The highest BCUT2D eigenvalue weighted by Crippen LogP contribution is 2.28. The summed E-state index contributed by atoms with van der Waals surface area (Å²) in [5, 5.41) is 8.03. The lowest BCUT2D eigenvalue weighted by Crippen LogP contribution is -2.51. The normalized spacial score (nSPS) is 13.9. The molecule has 2 amide bonds. The van der Waals surface area contributed by atoms with E-state index in [-0.39, 0.29) is 6.03 Å². The lowest BCUT2D eigenvalue weighted by atomic mass is 10.2. The number of nitrogens with one attached hydrogen (secondary N) is 1. The van der Waals surface area contributed by atoms with Crippen LogP contribution in [0.5, 0.6) is 5.75 Å². The fourth-order valence-corrected chi connectivity index (χ4v) is 3.64. The van der Waals surface area contributed by atoms with Crippen LogP contribution >= 0.6 is 11.6 Å². The molecule has 7 nitrogen and oxygen atoms in total. The van der Waals surface area contributed by atoms with Crippen LogP contribution in [0.1, 0.15) is 5.56 Å². The first-order chi connectivity index (χ1) is 14.6. The molecule has 1 aliphatic heterocycles. The monoisotopic (exact) mass is 425 g/mol. The van der Waals surface area contributed by atoms with Crippen molar-refractivity contribution in [2.45, 2.75) is 6.54 Å². The molecule has 0 aliphatic carbocycles. The number of carbonyl (C=O) groups excluding carboxylic acids is 1. The van der Waals surface area contributed by atoms with Crippen molar-refractivity contribution in [3.8, 4) is 11.4 Å². The highest BCUT2D eigenvalue weighted by atomic mass is 35.5. The second kappa shape index (κ2) is 9.09. The van der Waals surface area contributed by atoms with E-state index in [2.05, 4.69) is 15.3 Å². The van der Waals surface area contributed by atoms with Gasteiger partial charge < -0.3 is 19.9 Å². The van der Waals surface area contributed by atoms with Gasteiger partial charge in [0.15, 0.2) is 0 Å². The Bertz CT molecular complexity index is 997. The van der Waals surface area contributed by atoms with Crippen molar-refractivity contribution in [3.05, 3.63) is 71.5 Å². The van der Waals surface area contributed by atoms with Crippen molar-refractivity contribution in [3.63, 3.8) is 0 Å². The fraction of sp³-hybridized carbons (Fsp3) is 0.273. The maximum atomic E-state index is 12.6. The molecule has 4 rings (SSSR count). The van der Waals surface area contributed by atoms with E-state index in [1.54, 1.807) is 18.0 Å². The van der Waals surface area contributed by atoms with Crippen molar-refractivity contribution in [2.75, 3.05) is 38.2 Å². The average molecular weight is 426 g/mol. The van der Waals surface area contributed by atoms with Crippen molar-refractivity contribution >= 4 is 23.3 Å². The van der Waals surface area contributed by atoms with Gasteiger partial charge >= 0.3 is 6.03 Å². The molecule has 8 heteroatoms. The van der Waals surface area contributed by atoms with Crippen LogP contribution in [0.3, 0.4) is 0 Å². The van der Waals surface area contributed by atoms with E-state index in [4.69, 9.17) is 16.3 Å². The summed E-state index contributed by atoms with van der Waals surface area (Å²) in [4.78, 5) is 16.7. The summed E-state index contributed by atoms with van der Waals surface area (Å²) in [5.41, 5.74) is 2.92. The minimum Gasteiger partial charge on any atom is -0.495 e. The molecule has 1 saturated heterocycles. The molecule has 3 aromatic rings. The number of carbonyl (C=O) groups is 1. The summed E-state index contributed by atoms with van der Waals surface area (Å²) in [6.07, 6.45) is 3.66. The quantitative estimate of drug-likeness (QED) is 0.678. The number of urea groups is 1. The molecule has 156 valence electrons. The van der Waals surface area contributed by atoms with Crippen molar-refractivity contribution in [1.82, 2.24) is 20.0 Å². The lowest BCUT2D eigenvalue weighted by molar-refractivity contribution is 0.194. The summed E-state index contributed by atoms with van der Waals surface area (Å²) < 4.78 is 7.22. The molecular weight excluding hydrogens is 402 g/mol. The van der Waals surface area contributed by atoms with Crippen molar-refractivity contribution < 1.29 is 9.53 Å². The van der Waals surface area contributed by atoms with Crippen molar-refractivity contribution in [2.24, 2.45) is 0 Å². The molecular formula is C22H24ClN5O2. The number of aromatic nitrogens is 2. The molecule has 0 unspecified atom stereocenters. The number of hydrogen-bond acceptors (Lipinski definition) is 4. The largest absolute Gasteiger partial charge is 0.495 e. The molecule has 1 aliphatic rings. The van der Waals surface area contributed by atoms with E-state index in [1.165, 1.54) is 0 Å². The van der Waals surface area contributed by atoms with Gasteiger partial charge in [-0.3, -0.25) is 0 Å². The Morgan fingerprint density at radius 1 is 1.10 bits per heavy atom. The van der Waals surface area contributed by atoms with Gasteiger partial charge in [-0.1, -0.05) is 23.7 Å². The molecule has 30 heavy (non-hydrogen) atoms. The van der Waals surface area contributed by atoms with Gasteiger partial charge in [-0.2, -0.15) is 5.10 Å². The number of rotatable bonds is 5. The maximum Gasteiger partial charge on any atom is 0.317 e. The number of piperazine rings is 1. The van der Waals surface area contributed by atoms with Crippen LogP contribution in [0.25, 0.3) is 5.69 Å².